The summed E-state index contributed by atoms with van der Waals surface area (Å²) in [6.07, 6.45) is -0.557. The van der Waals surface area contributed by atoms with Crippen molar-refractivity contribution in [1.82, 2.24) is 14.9 Å². The van der Waals surface area contributed by atoms with Crippen LogP contribution in [0.3, 0.4) is 0 Å². The number of fused-ring (bicyclic) bond motifs is 1. The van der Waals surface area contributed by atoms with Gasteiger partial charge in [-0.3, -0.25) is 10.2 Å². The minimum atomic E-state index is -0.557. The number of imidazole rings is 1. The van der Waals surface area contributed by atoms with E-state index in [1.807, 2.05) is 18.2 Å². The summed E-state index contributed by atoms with van der Waals surface area (Å²) in [4.78, 5) is 25.7. The maximum Gasteiger partial charge on any atom is 0.413 e. The average molecular weight is 428 g/mol. The number of hydrogen-bond donors (Lipinski definition) is 3. The number of piperazine rings is 1. The predicted octanol–water partition coefficient (Wildman–Crippen LogP) is 3.01. The molecule has 30 heavy (non-hydrogen) atoms. The summed E-state index contributed by atoms with van der Waals surface area (Å²) < 4.78 is 4.59. The van der Waals surface area contributed by atoms with Crippen LogP contribution in [0.4, 0.5) is 16.4 Å². The average Bonchev–Trinajstić information content (AvgIpc) is 3.16. The van der Waals surface area contributed by atoms with E-state index in [0.29, 0.717) is 5.95 Å². The van der Waals surface area contributed by atoms with E-state index in [1.54, 1.807) is 11.8 Å². The number of benzene rings is 2. The number of aliphatic hydroxyl groups is 1. The van der Waals surface area contributed by atoms with Crippen molar-refractivity contribution in [2.45, 2.75) is 9.79 Å². The van der Waals surface area contributed by atoms with Gasteiger partial charge in [-0.05, 0) is 42.5 Å². The molecule has 0 unspecified atom stereocenters. The molecular formula is C21H25N5O3S. The van der Waals surface area contributed by atoms with Crippen molar-refractivity contribution in [1.29, 1.82) is 0 Å². The molecule has 2 aromatic carbocycles. The van der Waals surface area contributed by atoms with Crippen LogP contribution >= 0.6 is 11.8 Å². The van der Waals surface area contributed by atoms with Crippen LogP contribution in [0.5, 0.6) is 0 Å². The highest BCUT2D eigenvalue weighted by Gasteiger charge is 2.16. The van der Waals surface area contributed by atoms with Gasteiger partial charge >= 0.3 is 6.09 Å². The fourth-order valence-electron chi connectivity index (χ4n) is 3.49. The number of β-amino-alcohol motifs (C(OH)–C–C–N with tert-alkyl or cyclic N) is 1. The second kappa shape index (κ2) is 9.38. The Morgan fingerprint density at radius 2 is 1.90 bits per heavy atom. The number of anilines is 2. The molecule has 2 heterocycles. The number of ether oxygens (including phenoxy) is 1. The lowest BCUT2D eigenvalue weighted by Gasteiger charge is -2.35. The summed E-state index contributed by atoms with van der Waals surface area (Å²) in [6, 6.07) is 14.6. The van der Waals surface area contributed by atoms with Crippen LogP contribution in [0, 0.1) is 0 Å². The number of carbonyl (C=O) groups excluding carboxylic acids is 1. The lowest BCUT2D eigenvalue weighted by molar-refractivity contribution is 0.186. The molecule has 158 valence electrons. The number of aromatic amines is 1. The largest absolute Gasteiger partial charge is 0.453 e. The number of hydrogen-bond acceptors (Lipinski definition) is 7. The number of rotatable bonds is 6. The van der Waals surface area contributed by atoms with Gasteiger partial charge in [-0.15, -0.1) is 0 Å². The zero-order chi connectivity index (χ0) is 20.9. The zero-order valence-corrected chi connectivity index (χ0v) is 17.6. The van der Waals surface area contributed by atoms with E-state index in [9.17, 15) is 4.79 Å². The molecule has 1 aromatic heterocycles. The van der Waals surface area contributed by atoms with Crippen molar-refractivity contribution in [3.8, 4) is 0 Å². The highest BCUT2D eigenvalue weighted by Crippen LogP contribution is 2.31. The van der Waals surface area contributed by atoms with Crippen LogP contribution in [-0.2, 0) is 4.74 Å². The van der Waals surface area contributed by atoms with Gasteiger partial charge in [0.05, 0.1) is 24.8 Å². The summed E-state index contributed by atoms with van der Waals surface area (Å²) in [5.41, 5.74) is 2.86. The number of methoxy groups -OCH3 is 1. The van der Waals surface area contributed by atoms with E-state index in [0.717, 1.165) is 53.5 Å². The minimum absolute atomic E-state index is 0.222. The van der Waals surface area contributed by atoms with Gasteiger partial charge in [0.15, 0.2) is 0 Å². The first kappa shape index (κ1) is 20.5. The van der Waals surface area contributed by atoms with Crippen LogP contribution in [-0.4, -0.2) is 72.5 Å². The van der Waals surface area contributed by atoms with Gasteiger partial charge in [-0.25, -0.2) is 9.78 Å². The molecule has 1 aliphatic rings. The monoisotopic (exact) mass is 427 g/mol. The van der Waals surface area contributed by atoms with Crippen LogP contribution in [0.2, 0.25) is 0 Å². The van der Waals surface area contributed by atoms with E-state index in [-0.39, 0.29) is 6.61 Å². The molecule has 0 bridgehead atoms. The van der Waals surface area contributed by atoms with Crippen LogP contribution in [0.1, 0.15) is 0 Å². The molecule has 8 nitrogen and oxygen atoms in total. The van der Waals surface area contributed by atoms with Crippen molar-refractivity contribution < 1.29 is 14.6 Å². The SMILES string of the molecule is COC(=O)Nc1nc2ccc(Sc3ccc(N4CCN(CCO)CC4)cc3)cc2[nH]1. The maximum absolute atomic E-state index is 11.3. The van der Waals surface area contributed by atoms with Crippen molar-refractivity contribution in [2.24, 2.45) is 0 Å². The number of nitrogens with one attached hydrogen (secondary N) is 2. The number of amides is 1. The molecule has 1 saturated heterocycles. The molecule has 0 atom stereocenters. The number of aliphatic hydroxyl groups excluding tert-OH is 1. The Bertz CT molecular complexity index is 1000. The topological polar surface area (TPSA) is 93.7 Å². The molecule has 3 aromatic rings. The minimum Gasteiger partial charge on any atom is -0.453 e. The van der Waals surface area contributed by atoms with Gasteiger partial charge in [-0.2, -0.15) is 0 Å². The predicted molar refractivity (Wildman–Crippen MR) is 118 cm³/mol. The standard InChI is InChI=1S/C21H25N5O3S/c1-29-21(28)24-20-22-18-7-6-17(14-19(18)23-20)30-16-4-2-15(3-5-16)26-10-8-25(9-11-26)12-13-27/h2-7,14,27H,8-13H2,1H3,(H2,22,23,24,28). The third-order valence-corrected chi connectivity index (χ3v) is 6.08. The first-order chi connectivity index (χ1) is 14.6. The van der Waals surface area contributed by atoms with Gasteiger partial charge in [-0.1, -0.05) is 11.8 Å². The van der Waals surface area contributed by atoms with Crippen molar-refractivity contribution >= 4 is 40.5 Å². The Kier molecular flexibility index (Phi) is 6.41. The molecule has 9 heteroatoms. The lowest BCUT2D eigenvalue weighted by Crippen LogP contribution is -2.47. The normalized spacial score (nSPS) is 14.8. The van der Waals surface area contributed by atoms with Gasteiger partial charge < -0.3 is 19.7 Å². The van der Waals surface area contributed by atoms with E-state index in [1.165, 1.54) is 12.8 Å². The van der Waals surface area contributed by atoms with Gasteiger partial charge in [0.25, 0.3) is 0 Å². The van der Waals surface area contributed by atoms with Gasteiger partial charge in [0, 0.05) is 48.2 Å². The molecule has 1 aliphatic heterocycles. The van der Waals surface area contributed by atoms with Crippen molar-refractivity contribution in [3.63, 3.8) is 0 Å². The maximum atomic E-state index is 11.3. The molecule has 1 fully saturated rings. The Labute approximate surface area is 179 Å². The van der Waals surface area contributed by atoms with E-state index in [4.69, 9.17) is 5.11 Å². The Balaban J connectivity index is 1.39. The second-order valence-corrected chi connectivity index (χ2v) is 8.18. The smallest absolute Gasteiger partial charge is 0.413 e. The first-order valence-corrected chi connectivity index (χ1v) is 10.7. The second-order valence-electron chi connectivity index (χ2n) is 7.03. The lowest BCUT2D eigenvalue weighted by atomic mass is 10.2. The summed E-state index contributed by atoms with van der Waals surface area (Å²) in [5, 5.41) is 11.6. The molecule has 4 rings (SSSR count). The quantitative estimate of drug-likeness (QED) is 0.557. The molecule has 0 saturated carbocycles. The van der Waals surface area contributed by atoms with E-state index >= 15 is 0 Å². The number of nitrogens with zero attached hydrogens (tertiary/aromatic N) is 3. The third-order valence-electron chi connectivity index (χ3n) is 5.09. The van der Waals surface area contributed by atoms with E-state index < -0.39 is 6.09 Å². The summed E-state index contributed by atoms with van der Waals surface area (Å²) in [7, 11) is 1.31. The summed E-state index contributed by atoms with van der Waals surface area (Å²) in [5.74, 6) is 0.363. The summed E-state index contributed by atoms with van der Waals surface area (Å²) >= 11 is 1.68. The summed E-state index contributed by atoms with van der Waals surface area (Å²) in [6.45, 7) is 4.89. The van der Waals surface area contributed by atoms with E-state index in [2.05, 4.69) is 54.1 Å². The zero-order valence-electron chi connectivity index (χ0n) is 16.8. The fourth-order valence-corrected chi connectivity index (χ4v) is 4.35. The van der Waals surface area contributed by atoms with Crippen LogP contribution in [0.25, 0.3) is 11.0 Å². The molecule has 0 aliphatic carbocycles. The Morgan fingerprint density at radius 3 is 2.60 bits per heavy atom. The fraction of sp³-hybridized carbons (Fsp3) is 0.333. The Hall–Kier alpha value is -2.75. The highest BCUT2D eigenvalue weighted by molar-refractivity contribution is 7.99. The molecule has 3 N–H and O–H groups in total. The first-order valence-electron chi connectivity index (χ1n) is 9.85. The van der Waals surface area contributed by atoms with Crippen molar-refractivity contribution in [3.05, 3.63) is 42.5 Å². The third kappa shape index (κ3) is 4.86. The molecule has 0 radical (unpaired) electrons. The van der Waals surface area contributed by atoms with Crippen LogP contribution in [0.15, 0.2) is 52.3 Å². The highest BCUT2D eigenvalue weighted by atomic mass is 32.2. The number of aromatic nitrogens is 2. The van der Waals surface area contributed by atoms with Gasteiger partial charge in [0.1, 0.15) is 0 Å². The molecular weight excluding hydrogens is 402 g/mol. The number of carbonyl (C=O) groups is 1. The molecule has 1 amide bonds. The van der Waals surface area contributed by atoms with Gasteiger partial charge in [0.2, 0.25) is 5.95 Å². The Morgan fingerprint density at radius 1 is 1.17 bits per heavy atom. The number of H-pyrrole nitrogens is 1. The van der Waals surface area contributed by atoms with Crippen LogP contribution < -0.4 is 10.2 Å². The van der Waals surface area contributed by atoms with Crippen molar-refractivity contribution in [2.75, 3.05) is 56.7 Å². The molecule has 0 spiro atoms.